The average Bonchev–Trinajstić information content (AvgIpc) is 3.65. The van der Waals surface area contributed by atoms with Crippen LogP contribution in [0.1, 0.15) is 29.6 Å². The van der Waals surface area contributed by atoms with Gasteiger partial charge in [-0.15, -0.1) is 0 Å². The Balaban J connectivity index is 1.41. The number of pyridine rings is 1. The first kappa shape index (κ1) is 19.0. The highest BCUT2D eigenvalue weighted by molar-refractivity contribution is 5.98. The zero-order valence-corrected chi connectivity index (χ0v) is 16.5. The van der Waals surface area contributed by atoms with Crippen LogP contribution in [0.5, 0.6) is 0 Å². The van der Waals surface area contributed by atoms with E-state index in [0.29, 0.717) is 17.5 Å². The normalized spacial score (nSPS) is 19.6. The summed E-state index contributed by atoms with van der Waals surface area (Å²) in [5, 5.41) is 14.8. The van der Waals surface area contributed by atoms with Gasteiger partial charge in [-0.1, -0.05) is 6.07 Å². The number of amides is 2. The van der Waals surface area contributed by atoms with E-state index in [1.165, 1.54) is 6.20 Å². The monoisotopic (exact) mass is 419 g/mol. The van der Waals surface area contributed by atoms with Crippen molar-refractivity contribution in [3.8, 4) is 0 Å². The minimum Gasteiger partial charge on any atom is -0.464 e. The van der Waals surface area contributed by atoms with Crippen LogP contribution in [0.25, 0.3) is 10.9 Å². The Hall–Kier alpha value is -3.95. The van der Waals surface area contributed by atoms with Crippen LogP contribution in [0.2, 0.25) is 0 Å². The Morgan fingerprint density at radius 1 is 1.19 bits per heavy atom. The maximum absolute atomic E-state index is 11.9. The lowest BCUT2D eigenvalue weighted by Crippen LogP contribution is -2.38. The van der Waals surface area contributed by atoms with Gasteiger partial charge in [0.05, 0.1) is 11.6 Å². The molecule has 2 saturated carbocycles. The van der Waals surface area contributed by atoms with E-state index in [0.717, 1.165) is 35.2 Å². The van der Waals surface area contributed by atoms with Gasteiger partial charge in [-0.25, -0.2) is 14.8 Å². The molecule has 2 fully saturated rings. The lowest BCUT2D eigenvalue weighted by Gasteiger charge is -2.21. The minimum atomic E-state index is -1.09. The molecule has 2 aliphatic rings. The van der Waals surface area contributed by atoms with Crippen molar-refractivity contribution in [1.29, 1.82) is 0 Å². The van der Waals surface area contributed by atoms with Crippen LogP contribution in [0.3, 0.4) is 0 Å². The lowest BCUT2D eigenvalue weighted by molar-refractivity contribution is 0.1000. The summed E-state index contributed by atoms with van der Waals surface area (Å²) >= 11 is 0. The predicted octanol–water partition coefficient (Wildman–Crippen LogP) is 2.97. The minimum absolute atomic E-state index is 0.0683. The number of carboxylic acid groups (broad SMARTS) is 1. The number of carbonyl (C=O) groups is 2. The number of primary amides is 1. The van der Waals surface area contributed by atoms with Crippen LogP contribution in [-0.4, -0.2) is 43.1 Å². The van der Waals surface area contributed by atoms with Gasteiger partial charge in [-0.05, 0) is 55.4 Å². The van der Waals surface area contributed by atoms with Gasteiger partial charge in [-0.2, -0.15) is 4.98 Å². The summed E-state index contributed by atoms with van der Waals surface area (Å²) in [6, 6.07) is 9.19. The van der Waals surface area contributed by atoms with Crippen LogP contribution in [-0.2, 0) is 0 Å². The first-order valence-corrected chi connectivity index (χ1v) is 10.1. The molecule has 2 aromatic heterocycles. The summed E-state index contributed by atoms with van der Waals surface area (Å²) in [5.41, 5.74) is 9.88. The third-order valence-electron chi connectivity index (χ3n) is 5.71. The number of benzene rings is 1. The third kappa shape index (κ3) is 3.91. The van der Waals surface area contributed by atoms with Gasteiger partial charge in [0.1, 0.15) is 11.4 Å². The maximum Gasteiger partial charge on any atom is 0.426 e. The number of rotatable bonds is 7. The number of hydrazine groups is 1. The number of aromatic nitrogens is 3. The van der Waals surface area contributed by atoms with E-state index in [1.807, 2.05) is 30.3 Å². The molecular weight excluding hydrogens is 398 g/mol. The molecule has 158 valence electrons. The smallest absolute Gasteiger partial charge is 0.426 e. The van der Waals surface area contributed by atoms with Crippen molar-refractivity contribution < 1.29 is 14.7 Å². The van der Waals surface area contributed by atoms with E-state index in [4.69, 9.17) is 5.73 Å². The molecule has 5 rings (SSSR count). The molecule has 1 aromatic carbocycles. The summed E-state index contributed by atoms with van der Waals surface area (Å²) < 4.78 is 0. The third-order valence-corrected chi connectivity index (χ3v) is 5.71. The molecule has 0 saturated heterocycles. The van der Waals surface area contributed by atoms with Crippen LogP contribution in [0, 0.1) is 11.8 Å². The Bertz CT molecular complexity index is 1180. The molecule has 2 unspecified atom stereocenters. The van der Waals surface area contributed by atoms with E-state index in [-0.39, 0.29) is 23.4 Å². The summed E-state index contributed by atoms with van der Waals surface area (Å²) in [7, 11) is 0. The Morgan fingerprint density at radius 2 is 2.03 bits per heavy atom. The van der Waals surface area contributed by atoms with Crippen molar-refractivity contribution in [2.75, 3.05) is 10.7 Å². The topological polar surface area (TPSA) is 146 Å². The number of fused-ring (bicyclic) bond motifs is 1. The molecule has 2 atom stereocenters. The molecule has 3 aromatic rings. The molecule has 31 heavy (non-hydrogen) atoms. The maximum atomic E-state index is 11.9. The molecule has 5 N–H and O–H groups in total. The van der Waals surface area contributed by atoms with Crippen LogP contribution in [0.4, 0.5) is 22.2 Å². The van der Waals surface area contributed by atoms with Crippen molar-refractivity contribution in [3.63, 3.8) is 0 Å². The number of anilines is 3. The molecule has 0 radical (unpaired) electrons. The Labute approximate surface area is 177 Å². The molecule has 2 heterocycles. The first-order valence-electron chi connectivity index (χ1n) is 10.1. The van der Waals surface area contributed by atoms with Gasteiger partial charge in [0.15, 0.2) is 0 Å². The van der Waals surface area contributed by atoms with Crippen LogP contribution in [0.15, 0.2) is 42.7 Å². The second-order valence-corrected chi connectivity index (χ2v) is 7.92. The summed E-state index contributed by atoms with van der Waals surface area (Å²) in [6.07, 6.45) is 5.06. The highest BCUT2D eigenvalue weighted by atomic mass is 16.4. The fourth-order valence-corrected chi connectivity index (χ4v) is 3.91. The van der Waals surface area contributed by atoms with E-state index in [1.54, 1.807) is 6.20 Å². The van der Waals surface area contributed by atoms with Gasteiger partial charge in [0.2, 0.25) is 5.95 Å². The number of nitrogens with one attached hydrogen (secondary N) is 2. The summed E-state index contributed by atoms with van der Waals surface area (Å²) in [4.78, 5) is 36.3. The van der Waals surface area contributed by atoms with E-state index >= 15 is 0 Å². The lowest BCUT2D eigenvalue weighted by atomic mass is 10.2. The molecule has 0 spiro atoms. The number of carbonyl (C=O) groups excluding carboxylic acids is 1. The molecule has 0 bridgehead atoms. The van der Waals surface area contributed by atoms with Gasteiger partial charge in [0.25, 0.3) is 5.91 Å². The Kier molecular flexibility index (Phi) is 4.54. The van der Waals surface area contributed by atoms with Gasteiger partial charge < -0.3 is 16.2 Å². The highest BCUT2D eigenvalue weighted by Gasteiger charge is 2.52. The van der Waals surface area contributed by atoms with Crippen molar-refractivity contribution in [2.45, 2.75) is 25.3 Å². The highest BCUT2D eigenvalue weighted by Crippen LogP contribution is 2.52. The summed E-state index contributed by atoms with van der Waals surface area (Å²) in [6.45, 7) is 0. The van der Waals surface area contributed by atoms with Crippen molar-refractivity contribution in [1.82, 2.24) is 20.0 Å². The molecule has 0 aliphatic heterocycles. The fourth-order valence-electron chi connectivity index (χ4n) is 3.91. The molecule has 2 aliphatic carbocycles. The second kappa shape index (κ2) is 7.38. The standard InChI is InChI=1S/C21H21N7O3/c22-18(29)15-10-24-20(27-28(21(30)31)17-9-14(17)11-3-4-11)26-19(15)25-13-5-6-16-12(8-13)2-1-7-23-16/h1-2,5-8,10-11,14,17H,3-4,9H2,(H2,22,29)(H,30,31)(H2,24,25,26,27). The Morgan fingerprint density at radius 3 is 2.77 bits per heavy atom. The van der Waals surface area contributed by atoms with Crippen molar-refractivity contribution in [2.24, 2.45) is 17.6 Å². The first-order chi connectivity index (χ1) is 15.0. The SMILES string of the molecule is NC(=O)c1cnc(NN(C(=O)O)C2CC2C2CC2)nc1Nc1ccc2ncccc2c1. The number of nitrogens with two attached hydrogens (primary N) is 1. The van der Waals surface area contributed by atoms with Crippen molar-refractivity contribution in [3.05, 3.63) is 48.3 Å². The largest absolute Gasteiger partial charge is 0.464 e. The van der Waals surface area contributed by atoms with Crippen molar-refractivity contribution >= 4 is 40.4 Å². The van der Waals surface area contributed by atoms with Gasteiger partial charge in [0, 0.05) is 23.5 Å². The zero-order chi connectivity index (χ0) is 21.5. The van der Waals surface area contributed by atoms with E-state index in [9.17, 15) is 14.7 Å². The van der Waals surface area contributed by atoms with Crippen LogP contribution >= 0.6 is 0 Å². The fraction of sp³-hybridized carbons (Fsp3) is 0.286. The predicted molar refractivity (Wildman–Crippen MR) is 114 cm³/mol. The molecular formula is C21H21N7O3. The van der Waals surface area contributed by atoms with Gasteiger partial charge in [-0.3, -0.25) is 15.2 Å². The number of hydrogen-bond donors (Lipinski definition) is 4. The van der Waals surface area contributed by atoms with Crippen LogP contribution < -0.4 is 16.5 Å². The zero-order valence-electron chi connectivity index (χ0n) is 16.5. The van der Waals surface area contributed by atoms with E-state index < -0.39 is 12.0 Å². The number of hydrogen-bond acceptors (Lipinski definition) is 7. The van der Waals surface area contributed by atoms with Gasteiger partial charge >= 0.3 is 6.09 Å². The second-order valence-electron chi connectivity index (χ2n) is 7.92. The number of nitrogens with zero attached hydrogens (tertiary/aromatic N) is 4. The quantitative estimate of drug-likeness (QED) is 0.428. The summed E-state index contributed by atoms with van der Waals surface area (Å²) in [5.74, 6) is 0.568. The average molecular weight is 419 g/mol. The molecule has 10 nitrogen and oxygen atoms in total. The molecule has 10 heteroatoms. The van der Waals surface area contributed by atoms with E-state index in [2.05, 4.69) is 25.7 Å². The molecule has 2 amide bonds.